The minimum atomic E-state index is -0.354. The molecule has 0 saturated carbocycles. The Hall–Kier alpha value is -1.26. The Morgan fingerprint density at radius 1 is 1.35 bits per heavy atom. The van der Waals surface area contributed by atoms with Gasteiger partial charge in [0, 0.05) is 12.2 Å². The van der Waals surface area contributed by atoms with E-state index in [2.05, 4.69) is 0 Å². The number of benzene rings is 1. The lowest BCUT2D eigenvalue weighted by Crippen LogP contribution is -2.20. The molecule has 0 spiro atoms. The van der Waals surface area contributed by atoms with Crippen LogP contribution in [0.4, 0.5) is 4.39 Å². The van der Waals surface area contributed by atoms with E-state index in [0.29, 0.717) is 18.8 Å². The summed E-state index contributed by atoms with van der Waals surface area (Å²) in [6.45, 7) is 4.82. The number of halogens is 1. The Morgan fingerprint density at radius 2 is 2.00 bits per heavy atom. The number of hydrogen-bond acceptors (Lipinski definition) is 3. The van der Waals surface area contributed by atoms with Crippen molar-refractivity contribution < 1.29 is 18.7 Å². The zero-order chi connectivity index (χ0) is 12.7. The molecule has 0 amide bonds. The summed E-state index contributed by atoms with van der Waals surface area (Å²) in [5.41, 5.74) is 0.454. The average Bonchev–Trinajstić information content (AvgIpc) is 2.34. The zero-order valence-corrected chi connectivity index (χ0v) is 10.1. The fourth-order valence-corrected chi connectivity index (χ4v) is 1.27. The van der Waals surface area contributed by atoms with Gasteiger partial charge in [0.2, 0.25) is 0 Å². The molecule has 17 heavy (non-hydrogen) atoms. The molecule has 0 aromatic heterocycles. The highest BCUT2D eigenvalue weighted by atomic mass is 19.1. The standard InChI is InChI=1S/C13H17FO3/c1-3-16-8-10(2)17-9-13(15)11-4-6-12(14)7-5-11/h4-7,10H,3,8-9H2,1-2H3. The number of ether oxygens (including phenoxy) is 2. The minimum Gasteiger partial charge on any atom is -0.379 e. The van der Waals surface area contributed by atoms with Crippen molar-refractivity contribution in [1.82, 2.24) is 0 Å². The van der Waals surface area contributed by atoms with Crippen molar-refractivity contribution in [3.8, 4) is 0 Å². The number of rotatable bonds is 7. The molecule has 1 unspecified atom stereocenters. The van der Waals surface area contributed by atoms with Gasteiger partial charge < -0.3 is 9.47 Å². The molecular weight excluding hydrogens is 223 g/mol. The molecule has 0 bridgehead atoms. The summed E-state index contributed by atoms with van der Waals surface area (Å²) < 4.78 is 23.1. The van der Waals surface area contributed by atoms with Crippen LogP contribution in [-0.2, 0) is 9.47 Å². The van der Waals surface area contributed by atoms with E-state index in [1.54, 1.807) is 0 Å². The van der Waals surface area contributed by atoms with Gasteiger partial charge in [-0.2, -0.15) is 0 Å². The van der Waals surface area contributed by atoms with Crippen molar-refractivity contribution in [2.24, 2.45) is 0 Å². The second-order valence-corrected chi connectivity index (χ2v) is 3.71. The third-order valence-electron chi connectivity index (χ3n) is 2.22. The van der Waals surface area contributed by atoms with E-state index in [1.807, 2.05) is 13.8 Å². The smallest absolute Gasteiger partial charge is 0.188 e. The number of Topliss-reactive ketones (excluding diaryl/α,β-unsaturated/α-hetero) is 1. The van der Waals surface area contributed by atoms with Crippen LogP contribution in [0.25, 0.3) is 0 Å². The summed E-state index contributed by atoms with van der Waals surface area (Å²) in [5.74, 6) is -0.513. The largest absolute Gasteiger partial charge is 0.379 e. The van der Waals surface area contributed by atoms with Crippen LogP contribution in [0.1, 0.15) is 24.2 Å². The van der Waals surface area contributed by atoms with Gasteiger partial charge in [-0.05, 0) is 38.1 Å². The van der Waals surface area contributed by atoms with Crippen LogP contribution in [-0.4, -0.2) is 31.7 Å². The third kappa shape index (κ3) is 5.06. The number of ketones is 1. The molecule has 0 saturated heterocycles. The van der Waals surface area contributed by atoms with Gasteiger partial charge in [-0.25, -0.2) is 4.39 Å². The Labute approximate surface area is 101 Å². The maximum atomic E-state index is 12.6. The van der Waals surface area contributed by atoms with Crippen molar-refractivity contribution in [1.29, 1.82) is 0 Å². The van der Waals surface area contributed by atoms with Crippen LogP contribution < -0.4 is 0 Å². The first-order valence-corrected chi connectivity index (χ1v) is 5.61. The SMILES string of the molecule is CCOCC(C)OCC(=O)c1ccc(F)cc1. The van der Waals surface area contributed by atoms with E-state index < -0.39 is 0 Å². The summed E-state index contributed by atoms with van der Waals surface area (Å²) in [5, 5.41) is 0. The lowest BCUT2D eigenvalue weighted by Gasteiger charge is -2.12. The molecule has 1 aromatic rings. The third-order valence-corrected chi connectivity index (χ3v) is 2.22. The highest BCUT2D eigenvalue weighted by Crippen LogP contribution is 2.04. The molecule has 0 aliphatic carbocycles. The molecule has 0 aliphatic rings. The lowest BCUT2D eigenvalue weighted by molar-refractivity contribution is 0.00115. The first kappa shape index (κ1) is 13.8. The van der Waals surface area contributed by atoms with Crippen molar-refractivity contribution >= 4 is 5.78 Å². The van der Waals surface area contributed by atoms with Crippen molar-refractivity contribution in [3.63, 3.8) is 0 Å². The number of hydrogen-bond donors (Lipinski definition) is 0. The summed E-state index contributed by atoms with van der Waals surface area (Å²) in [6, 6.07) is 5.43. The molecule has 0 N–H and O–H groups in total. The molecule has 0 aliphatic heterocycles. The van der Waals surface area contributed by atoms with Crippen LogP contribution >= 0.6 is 0 Å². The van der Waals surface area contributed by atoms with Crippen molar-refractivity contribution in [2.75, 3.05) is 19.8 Å². The Bertz CT molecular complexity index is 348. The second-order valence-electron chi connectivity index (χ2n) is 3.71. The quantitative estimate of drug-likeness (QED) is 0.687. The number of carbonyl (C=O) groups is 1. The maximum Gasteiger partial charge on any atom is 0.188 e. The van der Waals surface area contributed by atoms with Gasteiger partial charge >= 0.3 is 0 Å². The van der Waals surface area contributed by atoms with E-state index in [1.165, 1.54) is 24.3 Å². The van der Waals surface area contributed by atoms with E-state index in [0.717, 1.165) is 0 Å². The first-order valence-electron chi connectivity index (χ1n) is 5.61. The Balaban J connectivity index is 2.36. The topological polar surface area (TPSA) is 35.5 Å². The summed E-state index contributed by atoms with van der Waals surface area (Å²) in [7, 11) is 0. The zero-order valence-electron chi connectivity index (χ0n) is 10.1. The van der Waals surface area contributed by atoms with E-state index in [-0.39, 0.29) is 24.3 Å². The fourth-order valence-electron chi connectivity index (χ4n) is 1.27. The van der Waals surface area contributed by atoms with E-state index >= 15 is 0 Å². The van der Waals surface area contributed by atoms with Crippen LogP contribution in [0.5, 0.6) is 0 Å². The van der Waals surface area contributed by atoms with Gasteiger partial charge in [0.1, 0.15) is 12.4 Å². The van der Waals surface area contributed by atoms with Crippen LogP contribution in [0.3, 0.4) is 0 Å². The van der Waals surface area contributed by atoms with Gasteiger partial charge in [-0.3, -0.25) is 4.79 Å². The second kappa shape index (κ2) is 7.14. The summed E-state index contributed by atoms with van der Waals surface area (Å²) >= 11 is 0. The molecule has 94 valence electrons. The van der Waals surface area contributed by atoms with Crippen LogP contribution in [0.15, 0.2) is 24.3 Å². The Kier molecular flexibility index (Phi) is 5.80. The monoisotopic (exact) mass is 240 g/mol. The summed E-state index contributed by atoms with van der Waals surface area (Å²) in [6.07, 6.45) is -0.126. The predicted octanol–water partition coefficient (Wildman–Crippen LogP) is 2.45. The molecule has 1 atom stereocenters. The Morgan fingerprint density at radius 3 is 2.59 bits per heavy atom. The fraction of sp³-hybridized carbons (Fsp3) is 0.462. The first-order chi connectivity index (χ1) is 8.13. The molecule has 1 rings (SSSR count). The average molecular weight is 240 g/mol. The van der Waals surface area contributed by atoms with E-state index in [9.17, 15) is 9.18 Å². The number of carbonyl (C=O) groups excluding carboxylic acids is 1. The molecule has 1 aromatic carbocycles. The predicted molar refractivity (Wildman–Crippen MR) is 62.6 cm³/mol. The van der Waals surface area contributed by atoms with Gasteiger partial charge in [0.05, 0.1) is 12.7 Å². The molecule has 4 heteroatoms. The minimum absolute atomic E-state index is 0.0140. The van der Waals surface area contributed by atoms with Crippen molar-refractivity contribution in [3.05, 3.63) is 35.6 Å². The molecule has 0 fully saturated rings. The van der Waals surface area contributed by atoms with Crippen LogP contribution in [0, 0.1) is 5.82 Å². The van der Waals surface area contributed by atoms with Crippen molar-refractivity contribution in [2.45, 2.75) is 20.0 Å². The van der Waals surface area contributed by atoms with Gasteiger partial charge in [-0.15, -0.1) is 0 Å². The molecular formula is C13H17FO3. The van der Waals surface area contributed by atoms with Crippen LogP contribution in [0.2, 0.25) is 0 Å². The maximum absolute atomic E-state index is 12.6. The van der Waals surface area contributed by atoms with Gasteiger partial charge in [0.25, 0.3) is 0 Å². The van der Waals surface area contributed by atoms with Gasteiger partial charge in [0.15, 0.2) is 5.78 Å². The highest BCUT2D eigenvalue weighted by Gasteiger charge is 2.09. The molecule has 0 heterocycles. The summed E-state index contributed by atoms with van der Waals surface area (Å²) in [4.78, 5) is 11.6. The normalized spacial score (nSPS) is 12.4. The molecule has 0 radical (unpaired) electrons. The highest BCUT2D eigenvalue weighted by molar-refractivity contribution is 5.97. The van der Waals surface area contributed by atoms with E-state index in [4.69, 9.17) is 9.47 Å². The molecule has 3 nitrogen and oxygen atoms in total. The lowest BCUT2D eigenvalue weighted by atomic mass is 10.1. The van der Waals surface area contributed by atoms with Gasteiger partial charge in [-0.1, -0.05) is 0 Å².